The quantitative estimate of drug-likeness (QED) is 0.754. The Morgan fingerprint density at radius 1 is 1.60 bits per heavy atom. The van der Waals surface area contributed by atoms with Crippen LogP contribution in [0.5, 0.6) is 0 Å². The summed E-state index contributed by atoms with van der Waals surface area (Å²) in [5.41, 5.74) is 0.531. The van der Waals surface area contributed by atoms with E-state index in [4.69, 9.17) is 4.42 Å². The molecule has 0 bridgehead atoms. The van der Waals surface area contributed by atoms with Crippen molar-refractivity contribution in [2.24, 2.45) is 5.41 Å². The van der Waals surface area contributed by atoms with Gasteiger partial charge in [-0.15, -0.1) is 0 Å². The fraction of sp³-hybridized carbons (Fsp3) is 0.667. The highest BCUT2D eigenvalue weighted by atomic mass is 16.4. The van der Waals surface area contributed by atoms with Gasteiger partial charge in [0.25, 0.3) is 0 Å². The predicted molar refractivity (Wildman–Crippen MR) is 58.5 cm³/mol. The highest BCUT2D eigenvalue weighted by molar-refractivity contribution is 5.02. The number of hydrogen-bond donors (Lipinski definition) is 2. The van der Waals surface area contributed by atoms with E-state index in [2.05, 4.69) is 12.2 Å². The highest BCUT2D eigenvalue weighted by Crippen LogP contribution is 2.47. The molecule has 84 valence electrons. The van der Waals surface area contributed by atoms with Gasteiger partial charge in [-0.1, -0.05) is 6.92 Å². The summed E-state index contributed by atoms with van der Waals surface area (Å²) in [7, 11) is 0. The maximum absolute atomic E-state index is 9.74. The Labute approximate surface area is 90.5 Å². The highest BCUT2D eigenvalue weighted by Gasteiger charge is 2.39. The van der Waals surface area contributed by atoms with Crippen LogP contribution in [0, 0.1) is 5.41 Å². The summed E-state index contributed by atoms with van der Waals surface area (Å²) in [6, 6.07) is 3.60. The first-order valence-corrected chi connectivity index (χ1v) is 5.68. The van der Waals surface area contributed by atoms with Gasteiger partial charge in [-0.25, -0.2) is 0 Å². The van der Waals surface area contributed by atoms with Crippen LogP contribution >= 0.6 is 0 Å². The normalized spacial score (nSPS) is 20.1. The summed E-state index contributed by atoms with van der Waals surface area (Å²) < 4.78 is 5.13. The third kappa shape index (κ3) is 2.61. The molecule has 0 aliphatic heterocycles. The Kier molecular flexibility index (Phi) is 3.12. The zero-order valence-electron chi connectivity index (χ0n) is 9.20. The lowest BCUT2D eigenvalue weighted by Crippen LogP contribution is -2.27. The van der Waals surface area contributed by atoms with Crippen LogP contribution < -0.4 is 5.32 Å². The molecule has 1 aromatic rings. The summed E-state index contributed by atoms with van der Waals surface area (Å²) >= 11 is 0. The minimum Gasteiger partial charge on any atom is -0.467 e. The Morgan fingerprint density at radius 3 is 2.93 bits per heavy atom. The molecule has 3 nitrogen and oxygen atoms in total. The lowest BCUT2D eigenvalue weighted by molar-refractivity contribution is 0.145. The van der Waals surface area contributed by atoms with Gasteiger partial charge in [0, 0.05) is 13.1 Å². The number of rotatable bonds is 6. The van der Waals surface area contributed by atoms with Crippen molar-refractivity contribution in [2.75, 3.05) is 13.1 Å². The molecule has 1 atom stereocenters. The van der Waals surface area contributed by atoms with E-state index in [1.807, 2.05) is 0 Å². The molecule has 0 aromatic carbocycles. The summed E-state index contributed by atoms with van der Waals surface area (Å²) in [5, 5.41) is 13.1. The molecule has 0 saturated heterocycles. The van der Waals surface area contributed by atoms with Gasteiger partial charge >= 0.3 is 0 Å². The van der Waals surface area contributed by atoms with Crippen LogP contribution in [0.25, 0.3) is 0 Å². The van der Waals surface area contributed by atoms with Crippen molar-refractivity contribution >= 4 is 0 Å². The minimum atomic E-state index is -0.521. The van der Waals surface area contributed by atoms with E-state index in [0.717, 1.165) is 6.54 Å². The SMILES string of the molecule is CCC1(CNCC(O)c2ccco2)CC1. The second-order valence-electron chi connectivity index (χ2n) is 4.52. The first-order valence-electron chi connectivity index (χ1n) is 5.68. The summed E-state index contributed by atoms with van der Waals surface area (Å²) in [4.78, 5) is 0. The van der Waals surface area contributed by atoms with Crippen LogP contribution in [0.15, 0.2) is 22.8 Å². The van der Waals surface area contributed by atoms with Crippen LogP contribution in [0.3, 0.4) is 0 Å². The lowest BCUT2D eigenvalue weighted by Gasteiger charge is -2.15. The van der Waals surface area contributed by atoms with Gasteiger partial charge in [-0.05, 0) is 36.8 Å². The smallest absolute Gasteiger partial charge is 0.133 e. The summed E-state index contributed by atoms with van der Waals surface area (Å²) in [6.07, 6.45) is 4.96. The van der Waals surface area contributed by atoms with E-state index >= 15 is 0 Å². The molecule has 1 aliphatic carbocycles. The van der Waals surface area contributed by atoms with Gasteiger partial charge in [0.05, 0.1) is 6.26 Å². The van der Waals surface area contributed by atoms with Crippen LogP contribution in [0.4, 0.5) is 0 Å². The fourth-order valence-corrected chi connectivity index (χ4v) is 1.89. The van der Waals surface area contributed by atoms with Crippen molar-refractivity contribution < 1.29 is 9.52 Å². The second-order valence-corrected chi connectivity index (χ2v) is 4.52. The van der Waals surface area contributed by atoms with Crippen LogP contribution in [0.2, 0.25) is 0 Å². The molecule has 0 amide bonds. The number of furan rings is 1. The van der Waals surface area contributed by atoms with Gasteiger partial charge in [-0.3, -0.25) is 0 Å². The van der Waals surface area contributed by atoms with Crippen molar-refractivity contribution in [1.29, 1.82) is 0 Å². The van der Waals surface area contributed by atoms with Gasteiger partial charge in [0.1, 0.15) is 11.9 Å². The molecule has 1 aromatic heterocycles. The van der Waals surface area contributed by atoms with Crippen molar-refractivity contribution in [3.05, 3.63) is 24.2 Å². The Balaban J connectivity index is 1.70. The van der Waals surface area contributed by atoms with E-state index in [-0.39, 0.29) is 0 Å². The average molecular weight is 209 g/mol. The van der Waals surface area contributed by atoms with Gasteiger partial charge < -0.3 is 14.8 Å². The van der Waals surface area contributed by atoms with E-state index in [1.165, 1.54) is 19.3 Å². The summed E-state index contributed by atoms with van der Waals surface area (Å²) in [6.45, 7) is 3.83. The molecule has 15 heavy (non-hydrogen) atoms. The molecule has 0 radical (unpaired) electrons. The average Bonchev–Trinajstić information content (AvgIpc) is 2.81. The van der Waals surface area contributed by atoms with Gasteiger partial charge in [-0.2, -0.15) is 0 Å². The molecule has 1 unspecified atom stereocenters. The third-order valence-corrected chi connectivity index (χ3v) is 3.42. The van der Waals surface area contributed by atoms with E-state index in [1.54, 1.807) is 18.4 Å². The maximum Gasteiger partial charge on any atom is 0.133 e. The second kappa shape index (κ2) is 4.37. The monoisotopic (exact) mass is 209 g/mol. The fourth-order valence-electron chi connectivity index (χ4n) is 1.89. The molecule has 1 aliphatic rings. The Hall–Kier alpha value is -0.800. The molecule has 1 fully saturated rings. The van der Waals surface area contributed by atoms with Crippen molar-refractivity contribution in [2.45, 2.75) is 32.3 Å². The lowest BCUT2D eigenvalue weighted by atomic mass is 10.0. The first-order chi connectivity index (χ1) is 7.26. The third-order valence-electron chi connectivity index (χ3n) is 3.42. The zero-order valence-corrected chi connectivity index (χ0v) is 9.20. The largest absolute Gasteiger partial charge is 0.467 e. The number of nitrogens with one attached hydrogen (secondary N) is 1. The van der Waals surface area contributed by atoms with E-state index in [9.17, 15) is 5.11 Å². The zero-order chi connectivity index (χ0) is 10.7. The van der Waals surface area contributed by atoms with Crippen molar-refractivity contribution in [3.8, 4) is 0 Å². The Bertz CT molecular complexity index is 291. The number of hydrogen-bond acceptors (Lipinski definition) is 3. The van der Waals surface area contributed by atoms with Crippen LogP contribution in [-0.4, -0.2) is 18.2 Å². The molecular weight excluding hydrogens is 190 g/mol. The maximum atomic E-state index is 9.74. The molecular formula is C12H19NO2. The van der Waals surface area contributed by atoms with E-state index in [0.29, 0.717) is 17.7 Å². The van der Waals surface area contributed by atoms with E-state index < -0.39 is 6.10 Å². The number of aliphatic hydroxyl groups is 1. The molecule has 2 rings (SSSR count). The predicted octanol–water partition coefficient (Wildman–Crippen LogP) is 2.09. The standard InChI is InChI=1S/C12H19NO2/c1-2-12(5-6-12)9-13-8-10(14)11-4-3-7-15-11/h3-4,7,10,13-14H,2,5-6,8-9H2,1H3. The van der Waals surface area contributed by atoms with Crippen LogP contribution in [-0.2, 0) is 0 Å². The topological polar surface area (TPSA) is 45.4 Å². The molecule has 1 saturated carbocycles. The summed E-state index contributed by atoms with van der Waals surface area (Å²) in [5.74, 6) is 0.642. The van der Waals surface area contributed by atoms with Gasteiger partial charge in [0.2, 0.25) is 0 Å². The molecule has 1 heterocycles. The molecule has 3 heteroatoms. The van der Waals surface area contributed by atoms with Crippen molar-refractivity contribution in [3.63, 3.8) is 0 Å². The minimum absolute atomic E-state index is 0.521. The van der Waals surface area contributed by atoms with Gasteiger partial charge in [0.15, 0.2) is 0 Å². The Morgan fingerprint density at radius 2 is 2.40 bits per heavy atom. The first kappa shape index (κ1) is 10.7. The van der Waals surface area contributed by atoms with Crippen molar-refractivity contribution in [1.82, 2.24) is 5.32 Å². The number of aliphatic hydroxyl groups excluding tert-OH is 1. The molecule has 2 N–H and O–H groups in total. The van der Waals surface area contributed by atoms with Crippen LogP contribution in [0.1, 0.15) is 38.1 Å². The molecule has 0 spiro atoms.